The van der Waals surface area contributed by atoms with Gasteiger partial charge in [-0.2, -0.15) is 0 Å². The summed E-state index contributed by atoms with van der Waals surface area (Å²) in [6.45, 7) is 2.65. The van der Waals surface area contributed by atoms with Crippen LogP contribution in [0.5, 0.6) is 0 Å². The van der Waals surface area contributed by atoms with Crippen molar-refractivity contribution in [1.29, 1.82) is 0 Å². The van der Waals surface area contributed by atoms with Gasteiger partial charge in [0, 0.05) is 6.54 Å². The van der Waals surface area contributed by atoms with Crippen LogP contribution >= 0.6 is 12.4 Å². The third kappa shape index (κ3) is 2.72. The van der Waals surface area contributed by atoms with Crippen molar-refractivity contribution in [3.63, 3.8) is 0 Å². The molecule has 2 aliphatic heterocycles. The van der Waals surface area contributed by atoms with Crippen molar-refractivity contribution in [1.82, 2.24) is 10.2 Å². The minimum atomic E-state index is -0.130. The van der Waals surface area contributed by atoms with Crippen LogP contribution in [-0.2, 0) is 0 Å². The molecule has 0 aliphatic carbocycles. The molecule has 2 amide bonds. The number of carbonyl (C=O) groups excluding carboxylic acids is 2. The van der Waals surface area contributed by atoms with Gasteiger partial charge in [-0.3, -0.25) is 14.5 Å². The molecular weight excluding hydrogens is 276 g/mol. The lowest BCUT2D eigenvalue weighted by molar-refractivity contribution is 0.0643. The Kier molecular flexibility index (Phi) is 4.78. The monoisotopic (exact) mass is 294 g/mol. The van der Waals surface area contributed by atoms with Gasteiger partial charge in [0.1, 0.15) is 0 Å². The Bertz CT molecular complexity index is 477. The molecule has 5 heteroatoms. The standard InChI is InChI=1S/C15H18N2O2.ClH/c18-14-12-3-1-2-4-13(12)15(19)17(14)10-7-11-5-8-16-9-6-11;/h1-4,11,16H,5-10H2;1H. The molecule has 0 unspecified atom stereocenters. The summed E-state index contributed by atoms with van der Waals surface area (Å²) in [5.41, 5.74) is 1.11. The molecule has 1 saturated heterocycles. The molecule has 1 aromatic carbocycles. The summed E-state index contributed by atoms with van der Waals surface area (Å²) in [4.78, 5) is 25.8. The third-order valence-corrected chi connectivity index (χ3v) is 4.10. The number of piperidine rings is 1. The third-order valence-electron chi connectivity index (χ3n) is 4.10. The van der Waals surface area contributed by atoms with Gasteiger partial charge >= 0.3 is 0 Å². The number of halogens is 1. The minimum Gasteiger partial charge on any atom is -0.317 e. The van der Waals surface area contributed by atoms with Gasteiger partial charge in [0.05, 0.1) is 11.1 Å². The Morgan fingerprint density at radius 2 is 1.60 bits per heavy atom. The minimum absolute atomic E-state index is 0. The van der Waals surface area contributed by atoms with Crippen molar-refractivity contribution in [3.8, 4) is 0 Å². The fourth-order valence-corrected chi connectivity index (χ4v) is 2.92. The molecule has 4 nitrogen and oxygen atoms in total. The van der Waals surface area contributed by atoms with Crippen molar-refractivity contribution in [2.24, 2.45) is 5.92 Å². The highest BCUT2D eigenvalue weighted by Gasteiger charge is 2.34. The van der Waals surface area contributed by atoms with Gasteiger partial charge in [-0.05, 0) is 50.4 Å². The fourth-order valence-electron chi connectivity index (χ4n) is 2.92. The van der Waals surface area contributed by atoms with E-state index in [-0.39, 0.29) is 24.2 Å². The molecular formula is C15H19ClN2O2. The number of benzene rings is 1. The highest BCUT2D eigenvalue weighted by atomic mass is 35.5. The maximum Gasteiger partial charge on any atom is 0.261 e. The first-order valence-corrected chi connectivity index (χ1v) is 6.93. The highest BCUT2D eigenvalue weighted by molar-refractivity contribution is 6.21. The lowest BCUT2D eigenvalue weighted by Crippen LogP contribution is -2.34. The van der Waals surface area contributed by atoms with E-state index in [9.17, 15) is 9.59 Å². The molecule has 108 valence electrons. The van der Waals surface area contributed by atoms with Crippen LogP contribution < -0.4 is 5.32 Å². The first kappa shape index (κ1) is 15.0. The number of hydrogen-bond acceptors (Lipinski definition) is 3. The van der Waals surface area contributed by atoms with Gasteiger partial charge in [-0.1, -0.05) is 12.1 Å². The zero-order valence-electron chi connectivity index (χ0n) is 11.3. The predicted molar refractivity (Wildman–Crippen MR) is 79.3 cm³/mol. The van der Waals surface area contributed by atoms with Crippen molar-refractivity contribution < 1.29 is 9.59 Å². The smallest absolute Gasteiger partial charge is 0.261 e. The van der Waals surface area contributed by atoms with Crippen LogP contribution in [0.15, 0.2) is 24.3 Å². The molecule has 0 saturated carbocycles. The second-order valence-corrected chi connectivity index (χ2v) is 5.29. The molecule has 20 heavy (non-hydrogen) atoms. The molecule has 2 heterocycles. The van der Waals surface area contributed by atoms with Crippen molar-refractivity contribution in [2.75, 3.05) is 19.6 Å². The summed E-state index contributed by atoms with van der Waals surface area (Å²) in [6, 6.07) is 7.08. The maximum absolute atomic E-state index is 12.2. The Labute approximate surface area is 124 Å². The van der Waals surface area contributed by atoms with Crippen LogP contribution in [0, 0.1) is 5.92 Å². The number of rotatable bonds is 3. The molecule has 2 aliphatic rings. The number of fused-ring (bicyclic) bond motifs is 1. The molecule has 0 spiro atoms. The van der Waals surface area contributed by atoms with E-state index in [4.69, 9.17) is 0 Å². The number of amides is 2. The number of imide groups is 1. The van der Waals surface area contributed by atoms with Crippen LogP contribution in [0.2, 0.25) is 0 Å². The van der Waals surface area contributed by atoms with Crippen LogP contribution in [-0.4, -0.2) is 36.3 Å². The Morgan fingerprint density at radius 3 is 2.15 bits per heavy atom. The number of carbonyl (C=O) groups is 2. The Hall–Kier alpha value is -1.39. The van der Waals surface area contributed by atoms with Crippen LogP contribution in [0.3, 0.4) is 0 Å². The SMILES string of the molecule is Cl.O=C1c2ccccc2C(=O)N1CCC1CCNCC1. The molecule has 1 fully saturated rings. The van der Waals surface area contributed by atoms with Gasteiger partial charge in [0.2, 0.25) is 0 Å². The molecule has 0 atom stereocenters. The topological polar surface area (TPSA) is 49.4 Å². The highest BCUT2D eigenvalue weighted by Crippen LogP contribution is 2.24. The average molecular weight is 295 g/mol. The van der Waals surface area contributed by atoms with Gasteiger partial charge in [-0.25, -0.2) is 0 Å². The number of nitrogens with one attached hydrogen (secondary N) is 1. The summed E-state index contributed by atoms with van der Waals surface area (Å²) in [5, 5.41) is 3.33. The fraction of sp³-hybridized carbons (Fsp3) is 0.467. The zero-order valence-corrected chi connectivity index (χ0v) is 12.1. The summed E-state index contributed by atoms with van der Waals surface area (Å²) >= 11 is 0. The van der Waals surface area contributed by atoms with Gasteiger partial charge in [0.25, 0.3) is 11.8 Å². The van der Waals surface area contributed by atoms with E-state index < -0.39 is 0 Å². The summed E-state index contributed by atoms with van der Waals surface area (Å²) < 4.78 is 0. The molecule has 0 radical (unpaired) electrons. The van der Waals surface area contributed by atoms with Gasteiger partial charge < -0.3 is 5.32 Å². The molecule has 0 bridgehead atoms. The van der Waals surface area contributed by atoms with E-state index in [0.717, 1.165) is 32.4 Å². The molecule has 0 aromatic heterocycles. The van der Waals surface area contributed by atoms with Crippen LogP contribution in [0.4, 0.5) is 0 Å². The van der Waals surface area contributed by atoms with E-state index in [1.807, 2.05) is 0 Å². The van der Waals surface area contributed by atoms with Gasteiger partial charge in [0.15, 0.2) is 0 Å². The van der Waals surface area contributed by atoms with Crippen molar-refractivity contribution >= 4 is 24.2 Å². The first-order valence-electron chi connectivity index (χ1n) is 6.93. The quantitative estimate of drug-likeness (QED) is 0.869. The van der Waals surface area contributed by atoms with Crippen molar-refractivity contribution in [2.45, 2.75) is 19.3 Å². The number of hydrogen-bond donors (Lipinski definition) is 1. The lowest BCUT2D eigenvalue weighted by Gasteiger charge is -2.24. The second-order valence-electron chi connectivity index (χ2n) is 5.29. The van der Waals surface area contributed by atoms with E-state index in [1.54, 1.807) is 24.3 Å². The van der Waals surface area contributed by atoms with Crippen LogP contribution in [0.25, 0.3) is 0 Å². The normalized spacial score (nSPS) is 18.9. The molecule has 3 rings (SSSR count). The van der Waals surface area contributed by atoms with Crippen LogP contribution in [0.1, 0.15) is 40.0 Å². The van der Waals surface area contributed by atoms with E-state index in [2.05, 4.69) is 5.32 Å². The first-order chi connectivity index (χ1) is 9.27. The van der Waals surface area contributed by atoms with E-state index >= 15 is 0 Å². The summed E-state index contributed by atoms with van der Waals surface area (Å²) in [6.07, 6.45) is 3.21. The Morgan fingerprint density at radius 1 is 1.05 bits per heavy atom. The molecule has 1 aromatic rings. The van der Waals surface area contributed by atoms with E-state index in [1.165, 1.54) is 4.90 Å². The maximum atomic E-state index is 12.2. The Balaban J connectivity index is 0.00000147. The second kappa shape index (κ2) is 6.37. The predicted octanol–water partition coefficient (Wildman–Crippen LogP) is 2.09. The average Bonchev–Trinajstić information content (AvgIpc) is 2.71. The largest absolute Gasteiger partial charge is 0.317 e. The van der Waals surface area contributed by atoms with Gasteiger partial charge in [-0.15, -0.1) is 12.4 Å². The summed E-state index contributed by atoms with van der Waals surface area (Å²) in [7, 11) is 0. The van der Waals surface area contributed by atoms with Crippen molar-refractivity contribution in [3.05, 3.63) is 35.4 Å². The summed E-state index contributed by atoms with van der Waals surface area (Å²) in [5.74, 6) is 0.370. The van der Waals surface area contributed by atoms with E-state index in [0.29, 0.717) is 23.6 Å². The number of nitrogens with zero attached hydrogens (tertiary/aromatic N) is 1. The molecule has 1 N–H and O–H groups in total. The lowest BCUT2D eigenvalue weighted by atomic mass is 9.94. The zero-order chi connectivity index (χ0) is 13.2.